The second kappa shape index (κ2) is 56.0. The average molecular weight is 940 g/mol. The van der Waals surface area contributed by atoms with Crippen molar-refractivity contribution in [3.63, 3.8) is 0 Å². The van der Waals surface area contributed by atoms with E-state index < -0.39 is 6.10 Å². The molecule has 6 heteroatoms. The highest BCUT2D eigenvalue weighted by Crippen LogP contribution is 2.16. The van der Waals surface area contributed by atoms with Crippen LogP contribution in [0.2, 0.25) is 0 Å². The fourth-order valence-electron chi connectivity index (χ4n) is 8.39. The molecule has 0 aliphatic carbocycles. The number of ether oxygens (including phenoxy) is 3. The predicted octanol–water partition coefficient (Wildman–Crippen LogP) is 19.4. The van der Waals surface area contributed by atoms with Gasteiger partial charge in [0.25, 0.3) is 0 Å². The third-order valence-electron chi connectivity index (χ3n) is 12.8. The van der Waals surface area contributed by atoms with Gasteiger partial charge in [0.2, 0.25) is 0 Å². The van der Waals surface area contributed by atoms with Gasteiger partial charge in [-0.25, -0.2) is 0 Å². The number of allylic oxidation sites excluding steroid dienone is 8. The molecule has 0 saturated carbocycles. The Labute approximate surface area is 416 Å². The quantitative estimate of drug-likeness (QED) is 0.0262. The standard InChI is InChI=1S/C61H110O6/c1-4-7-10-13-16-19-22-25-27-29-31-33-36-39-42-45-48-51-54-60(63)66-57-58(56-65-59(62)53-50-47-44-41-38-35-24-21-18-15-12-9-6-3)67-61(64)55-52-49-46-43-40-37-34-32-30-28-26-23-20-17-14-11-8-5-2/h19-20,22-23,27-30,58H,4-18,21,24-26,31-57H2,1-3H3/b22-19-,23-20-,29-27-,30-28-. The Morgan fingerprint density at radius 3 is 0.836 bits per heavy atom. The maximum Gasteiger partial charge on any atom is 0.306 e. The molecule has 0 aromatic rings. The van der Waals surface area contributed by atoms with E-state index in [4.69, 9.17) is 14.2 Å². The molecule has 6 nitrogen and oxygen atoms in total. The third kappa shape index (κ3) is 54.2. The predicted molar refractivity (Wildman–Crippen MR) is 289 cm³/mol. The molecular weight excluding hydrogens is 829 g/mol. The minimum absolute atomic E-state index is 0.0760. The second-order valence-corrected chi connectivity index (χ2v) is 19.6. The van der Waals surface area contributed by atoms with Crippen LogP contribution in [0.15, 0.2) is 48.6 Å². The molecule has 0 aromatic carbocycles. The normalized spacial score (nSPS) is 12.3. The van der Waals surface area contributed by atoms with E-state index in [9.17, 15) is 14.4 Å². The summed E-state index contributed by atoms with van der Waals surface area (Å²) in [6.45, 7) is 6.63. The summed E-state index contributed by atoms with van der Waals surface area (Å²) < 4.78 is 16.9. The monoisotopic (exact) mass is 939 g/mol. The van der Waals surface area contributed by atoms with Crippen molar-refractivity contribution in [2.75, 3.05) is 13.2 Å². The maximum atomic E-state index is 12.9. The SMILES string of the molecule is CCCCCC/C=C\C/C=C\CCCCCCCCCC(=O)OCC(COC(=O)CCCCCCCCCCCCCCC)OC(=O)CCCCCCCCC/C=C\C/C=C\CCCCCC. The molecule has 0 rings (SSSR count). The van der Waals surface area contributed by atoms with Gasteiger partial charge in [-0.15, -0.1) is 0 Å². The zero-order valence-electron chi connectivity index (χ0n) is 44.7. The van der Waals surface area contributed by atoms with E-state index in [0.717, 1.165) is 83.5 Å². The van der Waals surface area contributed by atoms with Gasteiger partial charge in [0.05, 0.1) is 0 Å². The Kier molecular flexibility index (Phi) is 53.8. The Bertz CT molecular complexity index is 1170. The van der Waals surface area contributed by atoms with Gasteiger partial charge in [-0.2, -0.15) is 0 Å². The summed E-state index contributed by atoms with van der Waals surface area (Å²) >= 11 is 0. The van der Waals surface area contributed by atoms with Crippen LogP contribution in [0.5, 0.6) is 0 Å². The van der Waals surface area contributed by atoms with Crippen molar-refractivity contribution in [2.45, 2.75) is 309 Å². The summed E-state index contributed by atoms with van der Waals surface area (Å²) in [6.07, 6.45) is 68.1. The van der Waals surface area contributed by atoms with Gasteiger partial charge in [0.1, 0.15) is 13.2 Å². The van der Waals surface area contributed by atoms with Crippen LogP contribution in [0.4, 0.5) is 0 Å². The van der Waals surface area contributed by atoms with Gasteiger partial charge in [0, 0.05) is 19.3 Å². The van der Waals surface area contributed by atoms with Crippen LogP contribution < -0.4 is 0 Å². The Morgan fingerprint density at radius 1 is 0.299 bits per heavy atom. The van der Waals surface area contributed by atoms with Crippen LogP contribution in [0.25, 0.3) is 0 Å². The molecule has 0 aliphatic rings. The molecule has 0 radical (unpaired) electrons. The Balaban J connectivity index is 4.37. The van der Waals surface area contributed by atoms with Crippen LogP contribution in [-0.2, 0) is 28.6 Å². The Hall–Kier alpha value is -2.63. The number of hydrogen-bond acceptors (Lipinski definition) is 6. The molecule has 390 valence electrons. The topological polar surface area (TPSA) is 78.9 Å². The minimum Gasteiger partial charge on any atom is -0.462 e. The lowest BCUT2D eigenvalue weighted by molar-refractivity contribution is -0.167. The van der Waals surface area contributed by atoms with Crippen LogP contribution in [-0.4, -0.2) is 37.2 Å². The van der Waals surface area contributed by atoms with E-state index in [0.29, 0.717) is 19.3 Å². The highest BCUT2D eigenvalue weighted by atomic mass is 16.6. The van der Waals surface area contributed by atoms with Gasteiger partial charge in [0.15, 0.2) is 6.10 Å². The number of unbranched alkanes of at least 4 members (excludes halogenated alkanes) is 34. The third-order valence-corrected chi connectivity index (χ3v) is 12.8. The molecule has 1 unspecified atom stereocenters. The molecule has 0 heterocycles. The number of rotatable bonds is 53. The van der Waals surface area contributed by atoms with Crippen molar-refractivity contribution < 1.29 is 28.6 Å². The number of carbonyl (C=O) groups is 3. The first-order valence-electron chi connectivity index (χ1n) is 29.1. The zero-order chi connectivity index (χ0) is 48.6. The lowest BCUT2D eigenvalue weighted by Gasteiger charge is -2.18. The zero-order valence-corrected chi connectivity index (χ0v) is 44.7. The molecule has 0 saturated heterocycles. The lowest BCUT2D eigenvalue weighted by atomic mass is 10.0. The average Bonchev–Trinajstić information content (AvgIpc) is 3.33. The van der Waals surface area contributed by atoms with Crippen LogP contribution in [0.1, 0.15) is 303 Å². The van der Waals surface area contributed by atoms with Crippen molar-refractivity contribution in [3.8, 4) is 0 Å². The number of carbonyl (C=O) groups excluding carboxylic acids is 3. The second-order valence-electron chi connectivity index (χ2n) is 19.6. The number of hydrogen-bond donors (Lipinski definition) is 0. The van der Waals surface area contributed by atoms with Gasteiger partial charge in [-0.05, 0) is 83.5 Å². The first-order valence-corrected chi connectivity index (χ1v) is 29.1. The van der Waals surface area contributed by atoms with Crippen LogP contribution in [0.3, 0.4) is 0 Å². The summed E-state index contributed by atoms with van der Waals surface area (Å²) in [5.74, 6) is -0.877. The molecular formula is C61H110O6. The summed E-state index contributed by atoms with van der Waals surface area (Å²) in [6, 6.07) is 0. The van der Waals surface area contributed by atoms with Crippen molar-refractivity contribution in [3.05, 3.63) is 48.6 Å². The van der Waals surface area contributed by atoms with E-state index in [1.165, 1.54) is 180 Å². The molecule has 0 aromatic heterocycles. The van der Waals surface area contributed by atoms with Crippen LogP contribution >= 0.6 is 0 Å². The van der Waals surface area contributed by atoms with Crippen molar-refractivity contribution >= 4 is 17.9 Å². The molecule has 67 heavy (non-hydrogen) atoms. The minimum atomic E-state index is -0.778. The summed E-state index contributed by atoms with van der Waals surface area (Å²) in [5.41, 5.74) is 0. The maximum absolute atomic E-state index is 12.9. The van der Waals surface area contributed by atoms with E-state index >= 15 is 0 Å². The van der Waals surface area contributed by atoms with Gasteiger partial charge in [-0.1, -0.05) is 249 Å². The van der Waals surface area contributed by atoms with E-state index in [1.54, 1.807) is 0 Å². The molecule has 0 fully saturated rings. The van der Waals surface area contributed by atoms with E-state index in [1.807, 2.05) is 0 Å². The van der Waals surface area contributed by atoms with Gasteiger partial charge in [-0.3, -0.25) is 14.4 Å². The van der Waals surface area contributed by atoms with E-state index in [2.05, 4.69) is 69.4 Å². The van der Waals surface area contributed by atoms with E-state index in [-0.39, 0.29) is 31.1 Å². The lowest BCUT2D eigenvalue weighted by Crippen LogP contribution is -2.30. The first-order chi connectivity index (χ1) is 33.0. The molecule has 0 amide bonds. The van der Waals surface area contributed by atoms with Gasteiger partial charge < -0.3 is 14.2 Å². The fourth-order valence-corrected chi connectivity index (χ4v) is 8.39. The molecule has 0 spiro atoms. The van der Waals surface area contributed by atoms with Crippen molar-refractivity contribution in [1.29, 1.82) is 0 Å². The number of esters is 3. The van der Waals surface area contributed by atoms with Crippen molar-refractivity contribution in [2.24, 2.45) is 0 Å². The smallest absolute Gasteiger partial charge is 0.306 e. The largest absolute Gasteiger partial charge is 0.462 e. The molecule has 0 aliphatic heterocycles. The van der Waals surface area contributed by atoms with Gasteiger partial charge >= 0.3 is 17.9 Å². The Morgan fingerprint density at radius 2 is 0.537 bits per heavy atom. The summed E-state index contributed by atoms with van der Waals surface area (Å²) in [7, 11) is 0. The highest BCUT2D eigenvalue weighted by molar-refractivity contribution is 5.71. The molecule has 0 bridgehead atoms. The summed E-state index contributed by atoms with van der Waals surface area (Å²) in [5, 5.41) is 0. The fraction of sp³-hybridized carbons (Fsp3) is 0.820. The van der Waals surface area contributed by atoms with Crippen LogP contribution in [0, 0.1) is 0 Å². The molecule has 1 atom stereocenters. The highest BCUT2D eigenvalue weighted by Gasteiger charge is 2.19. The first kappa shape index (κ1) is 64.4. The van der Waals surface area contributed by atoms with Crippen molar-refractivity contribution in [1.82, 2.24) is 0 Å². The summed E-state index contributed by atoms with van der Waals surface area (Å²) in [4.78, 5) is 38.2. The molecule has 0 N–H and O–H groups in total.